The van der Waals surface area contributed by atoms with Gasteiger partial charge in [0.2, 0.25) is 0 Å². The maximum Gasteiger partial charge on any atom is 0.416 e. The molecule has 194 valence electrons. The summed E-state index contributed by atoms with van der Waals surface area (Å²) in [6, 6.07) is 9.06. The third-order valence-corrected chi connectivity index (χ3v) is 6.74. The number of nitriles is 1. The van der Waals surface area contributed by atoms with E-state index in [2.05, 4.69) is 4.98 Å². The van der Waals surface area contributed by atoms with Crippen molar-refractivity contribution in [2.75, 3.05) is 23.5 Å². The number of methoxy groups -OCH3 is 1. The first-order valence-corrected chi connectivity index (χ1v) is 11.4. The smallest absolute Gasteiger partial charge is 0.416 e. The van der Waals surface area contributed by atoms with Gasteiger partial charge in [-0.05, 0) is 36.4 Å². The number of nitrogen functional groups attached to an aromatic ring is 2. The molecule has 0 fully saturated rings. The number of nitrogens with zero attached hydrogens (tertiary/aromatic N) is 3. The molecule has 2 heterocycles. The zero-order chi connectivity index (χ0) is 27.9. The number of ether oxygens (including phenoxy) is 1. The monoisotopic (exact) mass is 541 g/mol. The molecular formula is C24H18F3N7O3S. The highest BCUT2D eigenvalue weighted by atomic mass is 32.1. The van der Waals surface area contributed by atoms with Gasteiger partial charge in [0.1, 0.15) is 32.9 Å². The summed E-state index contributed by atoms with van der Waals surface area (Å²) in [5.74, 6) is -0.754. The van der Waals surface area contributed by atoms with Crippen LogP contribution in [0.3, 0.4) is 0 Å². The molecule has 0 spiro atoms. The maximum atomic E-state index is 13.1. The molecule has 0 bridgehead atoms. The number of carbonyl (C=O) groups is 2. The van der Waals surface area contributed by atoms with Crippen LogP contribution in [0.4, 0.5) is 40.8 Å². The van der Waals surface area contributed by atoms with E-state index in [9.17, 15) is 28.0 Å². The molecule has 0 saturated carbocycles. The zero-order valence-electron chi connectivity index (χ0n) is 19.5. The van der Waals surface area contributed by atoms with Crippen molar-refractivity contribution in [3.05, 3.63) is 58.5 Å². The van der Waals surface area contributed by atoms with Crippen LogP contribution in [0.1, 0.15) is 20.8 Å². The van der Waals surface area contributed by atoms with Crippen molar-refractivity contribution < 1.29 is 27.5 Å². The first-order valence-electron chi connectivity index (χ1n) is 10.6. The van der Waals surface area contributed by atoms with Crippen molar-refractivity contribution in [3.8, 4) is 22.9 Å². The second kappa shape index (κ2) is 9.45. The Labute approximate surface area is 216 Å². The Morgan fingerprint density at radius 3 is 2.29 bits per heavy atom. The van der Waals surface area contributed by atoms with Gasteiger partial charge in [0, 0.05) is 22.6 Å². The summed E-state index contributed by atoms with van der Waals surface area (Å²) in [5.41, 5.74) is 22.7. The van der Waals surface area contributed by atoms with Crippen LogP contribution in [0, 0.1) is 11.3 Å². The van der Waals surface area contributed by atoms with Crippen LogP contribution < -0.4 is 32.6 Å². The van der Waals surface area contributed by atoms with Gasteiger partial charge in [-0.3, -0.25) is 9.69 Å². The number of benzene rings is 2. The highest BCUT2D eigenvalue weighted by Crippen LogP contribution is 2.47. The fourth-order valence-electron chi connectivity index (χ4n) is 3.96. The van der Waals surface area contributed by atoms with Gasteiger partial charge < -0.3 is 27.7 Å². The number of fused-ring (bicyclic) bond motifs is 1. The lowest BCUT2D eigenvalue weighted by atomic mass is 9.94. The number of pyridine rings is 1. The van der Waals surface area contributed by atoms with E-state index in [1.165, 1.54) is 25.3 Å². The quantitative estimate of drug-likeness (QED) is 0.289. The number of aromatic nitrogens is 1. The molecule has 0 radical (unpaired) electrons. The number of nitrogens with two attached hydrogens (primary N) is 4. The molecule has 38 heavy (non-hydrogen) atoms. The van der Waals surface area contributed by atoms with Crippen molar-refractivity contribution in [1.82, 2.24) is 4.98 Å². The Morgan fingerprint density at radius 1 is 1.11 bits per heavy atom. The van der Waals surface area contributed by atoms with E-state index in [0.29, 0.717) is 0 Å². The molecule has 8 N–H and O–H groups in total. The number of primary amides is 2. The van der Waals surface area contributed by atoms with Crippen LogP contribution in [-0.2, 0) is 6.18 Å². The van der Waals surface area contributed by atoms with Crippen molar-refractivity contribution >= 4 is 56.4 Å². The average Bonchev–Trinajstić information content (AvgIpc) is 3.18. The third kappa shape index (κ3) is 4.35. The minimum Gasteiger partial charge on any atom is -0.497 e. The number of halogens is 3. The molecule has 4 aromatic rings. The molecule has 0 aliphatic carbocycles. The number of anilines is 4. The molecule has 14 heteroatoms. The first-order chi connectivity index (χ1) is 17.9. The van der Waals surface area contributed by atoms with E-state index in [0.717, 1.165) is 40.5 Å². The second-order valence-electron chi connectivity index (χ2n) is 7.85. The Bertz CT molecular complexity index is 1640. The molecule has 0 atom stereocenters. The van der Waals surface area contributed by atoms with Crippen molar-refractivity contribution in [2.24, 2.45) is 11.5 Å². The van der Waals surface area contributed by atoms with Gasteiger partial charge in [0.25, 0.3) is 5.91 Å². The van der Waals surface area contributed by atoms with E-state index in [1.807, 2.05) is 6.07 Å². The van der Waals surface area contributed by atoms with Gasteiger partial charge in [-0.2, -0.15) is 18.4 Å². The standard InChI is InChI=1S/C24H18F3N7O3S/c1-37-12-6-7-13(15(8-12)34(23(32)36)11-4-2-10(3-5-11)24(25,26)27)16-14(9-28)20(30)33-22-17(16)18(29)19(38-22)21(31)35/h2-8H,29H2,1H3,(H2,30,33)(H2,31,35)(H2,32,36). The molecule has 3 amide bonds. The normalized spacial score (nSPS) is 11.2. The minimum atomic E-state index is -4.60. The molecular weight excluding hydrogens is 523 g/mol. The van der Waals surface area contributed by atoms with Gasteiger partial charge in [0.05, 0.1) is 29.7 Å². The summed E-state index contributed by atoms with van der Waals surface area (Å²) >= 11 is 0.866. The fraction of sp³-hybridized carbons (Fsp3) is 0.0833. The lowest BCUT2D eigenvalue weighted by Gasteiger charge is -2.25. The van der Waals surface area contributed by atoms with E-state index >= 15 is 0 Å². The van der Waals surface area contributed by atoms with Crippen LogP contribution in [0.5, 0.6) is 5.75 Å². The molecule has 2 aromatic carbocycles. The number of alkyl halides is 3. The van der Waals surface area contributed by atoms with E-state index < -0.39 is 23.7 Å². The van der Waals surface area contributed by atoms with Gasteiger partial charge in [-0.15, -0.1) is 11.3 Å². The summed E-state index contributed by atoms with van der Waals surface area (Å²) < 4.78 is 44.7. The van der Waals surface area contributed by atoms with Crippen LogP contribution in [0.25, 0.3) is 21.3 Å². The maximum absolute atomic E-state index is 13.1. The largest absolute Gasteiger partial charge is 0.497 e. The SMILES string of the molecule is COc1ccc(-c2c(C#N)c(N)nc3sc(C(N)=O)c(N)c23)c(N(C(N)=O)c2ccc(C(F)(F)F)cc2)c1. The van der Waals surface area contributed by atoms with Crippen molar-refractivity contribution in [3.63, 3.8) is 0 Å². The number of rotatable bonds is 5. The van der Waals surface area contributed by atoms with Crippen molar-refractivity contribution in [2.45, 2.75) is 6.18 Å². The lowest BCUT2D eigenvalue weighted by Crippen LogP contribution is -2.32. The van der Waals surface area contributed by atoms with Crippen LogP contribution in [0.15, 0.2) is 42.5 Å². The second-order valence-corrected chi connectivity index (χ2v) is 8.85. The number of hydrogen-bond acceptors (Lipinski definition) is 8. The molecule has 10 nitrogen and oxygen atoms in total. The Hall–Kier alpha value is -5.03. The number of urea groups is 1. The van der Waals surface area contributed by atoms with E-state index in [-0.39, 0.29) is 60.4 Å². The van der Waals surface area contributed by atoms with Gasteiger partial charge in [-0.25, -0.2) is 9.78 Å². The van der Waals surface area contributed by atoms with E-state index in [1.54, 1.807) is 0 Å². The van der Waals surface area contributed by atoms with Crippen LogP contribution in [-0.4, -0.2) is 24.0 Å². The van der Waals surface area contributed by atoms with Crippen LogP contribution >= 0.6 is 11.3 Å². The van der Waals surface area contributed by atoms with E-state index in [4.69, 9.17) is 27.7 Å². The Balaban J connectivity index is 2.09. The number of hydrogen-bond donors (Lipinski definition) is 4. The molecule has 2 aromatic heterocycles. The highest BCUT2D eigenvalue weighted by Gasteiger charge is 2.31. The summed E-state index contributed by atoms with van der Waals surface area (Å²) in [6.07, 6.45) is -4.60. The predicted octanol–water partition coefficient (Wildman–Crippen LogP) is 4.34. The number of carbonyl (C=O) groups excluding carboxylic acids is 2. The average molecular weight is 542 g/mol. The van der Waals surface area contributed by atoms with Gasteiger partial charge in [0.15, 0.2) is 0 Å². The first kappa shape index (κ1) is 26.0. The summed E-state index contributed by atoms with van der Waals surface area (Å²) in [6.45, 7) is 0. The minimum absolute atomic E-state index is 0.00658. The van der Waals surface area contributed by atoms with Crippen molar-refractivity contribution in [1.29, 1.82) is 5.26 Å². The Kier molecular flexibility index (Phi) is 6.48. The molecule has 0 aliphatic heterocycles. The fourth-order valence-corrected chi connectivity index (χ4v) is 4.92. The lowest BCUT2D eigenvalue weighted by molar-refractivity contribution is -0.137. The van der Waals surface area contributed by atoms with Gasteiger partial charge >= 0.3 is 12.2 Å². The number of thiophene rings is 1. The summed E-state index contributed by atoms with van der Waals surface area (Å²) in [4.78, 5) is 30.0. The third-order valence-electron chi connectivity index (χ3n) is 5.63. The summed E-state index contributed by atoms with van der Waals surface area (Å²) in [7, 11) is 1.37. The van der Waals surface area contributed by atoms with Gasteiger partial charge in [-0.1, -0.05) is 0 Å². The topological polar surface area (TPSA) is 187 Å². The molecule has 0 aliphatic rings. The predicted molar refractivity (Wildman–Crippen MR) is 137 cm³/mol. The summed E-state index contributed by atoms with van der Waals surface area (Å²) in [5, 5.41) is 10.1. The molecule has 0 saturated heterocycles. The number of amides is 3. The highest BCUT2D eigenvalue weighted by molar-refractivity contribution is 7.21. The molecule has 0 unspecified atom stereocenters. The zero-order valence-corrected chi connectivity index (χ0v) is 20.3. The molecule has 4 rings (SSSR count). The Morgan fingerprint density at radius 2 is 1.76 bits per heavy atom. The van der Waals surface area contributed by atoms with Crippen LogP contribution in [0.2, 0.25) is 0 Å².